The second-order valence-electron chi connectivity index (χ2n) is 7.42. The number of carbonyl (C=O) groups excluding carboxylic acids is 1. The van der Waals surface area contributed by atoms with Crippen LogP contribution in [0.25, 0.3) is 0 Å². The number of hydrogen-bond donors (Lipinski definition) is 0. The first-order chi connectivity index (χ1) is 14.7. The van der Waals surface area contributed by atoms with Crippen LogP contribution in [0, 0.1) is 5.92 Å². The molecule has 2 unspecified atom stereocenters. The fourth-order valence-corrected chi connectivity index (χ4v) is 3.59. The van der Waals surface area contributed by atoms with Crippen molar-refractivity contribution in [2.24, 2.45) is 5.92 Å². The predicted molar refractivity (Wildman–Crippen MR) is 120 cm³/mol. The van der Waals surface area contributed by atoms with Crippen LogP contribution in [0.3, 0.4) is 0 Å². The minimum absolute atomic E-state index is 0.162. The molecule has 0 N–H and O–H groups in total. The van der Waals surface area contributed by atoms with Crippen molar-refractivity contribution in [2.75, 3.05) is 25.2 Å². The molecule has 0 saturated carbocycles. The van der Waals surface area contributed by atoms with Gasteiger partial charge >= 0.3 is 5.97 Å². The van der Waals surface area contributed by atoms with Gasteiger partial charge in [-0.1, -0.05) is 49.4 Å². The predicted octanol–water partition coefficient (Wildman–Crippen LogP) is 4.59. The second kappa shape index (κ2) is 11.2. The third-order valence-electron chi connectivity index (χ3n) is 5.27. The van der Waals surface area contributed by atoms with Crippen LogP contribution < -0.4 is 9.64 Å². The molecule has 0 bridgehead atoms. The summed E-state index contributed by atoms with van der Waals surface area (Å²) in [4.78, 5) is 18.1. The lowest BCUT2D eigenvalue weighted by atomic mass is 9.95. The summed E-state index contributed by atoms with van der Waals surface area (Å²) in [7, 11) is 1.42. The Bertz CT molecular complexity index is 846. The maximum absolute atomic E-state index is 11.2. The third-order valence-corrected chi connectivity index (χ3v) is 5.27. The average Bonchev–Trinajstić information content (AvgIpc) is 2.79. The van der Waals surface area contributed by atoms with E-state index in [4.69, 9.17) is 4.74 Å². The van der Waals surface area contributed by atoms with Crippen molar-refractivity contribution in [3.05, 3.63) is 78.5 Å². The van der Waals surface area contributed by atoms with E-state index in [9.17, 15) is 4.79 Å². The Balaban J connectivity index is 1.54. The van der Waals surface area contributed by atoms with E-state index >= 15 is 0 Å². The summed E-state index contributed by atoms with van der Waals surface area (Å²) in [6, 6.07) is 14.3. The van der Waals surface area contributed by atoms with E-state index in [-0.39, 0.29) is 12.0 Å². The van der Waals surface area contributed by atoms with Crippen molar-refractivity contribution in [1.29, 1.82) is 0 Å². The number of pyridine rings is 1. The van der Waals surface area contributed by atoms with Crippen LogP contribution in [0.2, 0.25) is 0 Å². The lowest BCUT2D eigenvalue weighted by Gasteiger charge is -2.34. The number of rotatable bonds is 10. The zero-order valence-corrected chi connectivity index (χ0v) is 17.7. The number of nitrogens with zero attached hydrogens (tertiary/aromatic N) is 2. The quantitative estimate of drug-likeness (QED) is 0.540. The van der Waals surface area contributed by atoms with Gasteiger partial charge in [-0.25, -0.2) is 4.98 Å². The molecule has 1 heterocycles. The van der Waals surface area contributed by atoms with Gasteiger partial charge in [0.15, 0.2) is 0 Å². The molecule has 2 aromatic rings. The lowest BCUT2D eigenvalue weighted by Crippen LogP contribution is -2.41. The summed E-state index contributed by atoms with van der Waals surface area (Å²) >= 11 is 0. The molecule has 1 aliphatic carbocycles. The van der Waals surface area contributed by atoms with Gasteiger partial charge in [0.05, 0.1) is 19.7 Å². The van der Waals surface area contributed by atoms with Crippen LogP contribution in [-0.2, 0) is 16.0 Å². The van der Waals surface area contributed by atoms with Gasteiger partial charge in [-0.3, -0.25) is 4.79 Å². The highest BCUT2D eigenvalue weighted by Crippen LogP contribution is 2.23. The van der Waals surface area contributed by atoms with E-state index in [1.807, 2.05) is 36.5 Å². The summed E-state index contributed by atoms with van der Waals surface area (Å²) in [6.07, 6.45) is 12.6. The highest BCUT2D eigenvalue weighted by atomic mass is 16.5. The first kappa shape index (κ1) is 21.6. The first-order valence-corrected chi connectivity index (χ1v) is 10.5. The van der Waals surface area contributed by atoms with Crippen LogP contribution in [0.1, 0.15) is 25.3 Å². The van der Waals surface area contributed by atoms with E-state index < -0.39 is 0 Å². The van der Waals surface area contributed by atoms with E-state index in [1.54, 1.807) is 0 Å². The zero-order chi connectivity index (χ0) is 21.2. The number of aromatic nitrogens is 1. The van der Waals surface area contributed by atoms with Crippen molar-refractivity contribution < 1.29 is 14.3 Å². The summed E-state index contributed by atoms with van der Waals surface area (Å²) in [5, 5.41) is 0. The van der Waals surface area contributed by atoms with Gasteiger partial charge in [-0.15, -0.1) is 0 Å². The maximum atomic E-state index is 11.2. The molecule has 0 fully saturated rings. The molecule has 1 aromatic heterocycles. The monoisotopic (exact) mass is 406 g/mol. The number of hydrogen-bond acceptors (Lipinski definition) is 5. The normalized spacial score (nSPS) is 17.5. The fourth-order valence-electron chi connectivity index (χ4n) is 3.59. The zero-order valence-electron chi connectivity index (χ0n) is 17.7. The summed E-state index contributed by atoms with van der Waals surface area (Å²) in [5.74, 6) is 2.05. The van der Waals surface area contributed by atoms with Gasteiger partial charge in [0, 0.05) is 12.6 Å². The highest BCUT2D eigenvalue weighted by molar-refractivity contribution is 5.69. The van der Waals surface area contributed by atoms with Crippen LogP contribution in [0.15, 0.2) is 73.0 Å². The Hall–Kier alpha value is -3.08. The Morgan fingerprint density at radius 1 is 1.10 bits per heavy atom. The molecule has 5 heteroatoms. The highest BCUT2D eigenvalue weighted by Gasteiger charge is 2.23. The van der Waals surface area contributed by atoms with Crippen molar-refractivity contribution in [3.8, 4) is 5.75 Å². The number of esters is 1. The Morgan fingerprint density at radius 3 is 2.60 bits per heavy atom. The second-order valence-corrected chi connectivity index (χ2v) is 7.42. The number of aryl methyl sites for hydroxylation is 1. The van der Waals surface area contributed by atoms with Gasteiger partial charge in [0.2, 0.25) is 0 Å². The number of benzene rings is 1. The van der Waals surface area contributed by atoms with Gasteiger partial charge in [-0.05, 0) is 48.6 Å². The molecule has 0 radical (unpaired) electrons. The molecule has 30 heavy (non-hydrogen) atoms. The number of anilines is 1. The van der Waals surface area contributed by atoms with Gasteiger partial charge < -0.3 is 14.4 Å². The molecule has 158 valence electrons. The smallest absolute Gasteiger partial charge is 0.305 e. The Kier molecular flexibility index (Phi) is 8.07. The molecule has 1 aromatic carbocycles. The molecule has 0 saturated heterocycles. The summed E-state index contributed by atoms with van der Waals surface area (Å²) in [6.45, 7) is 3.53. The molecule has 0 aliphatic heterocycles. The van der Waals surface area contributed by atoms with Gasteiger partial charge in [0.1, 0.15) is 18.2 Å². The van der Waals surface area contributed by atoms with Crippen molar-refractivity contribution in [1.82, 2.24) is 4.98 Å². The molecular formula is C25H30N2O3. The van der Waals surface area contributed by atoms with E-state index in [0.29, 0.717) is 18.9 Å². The fraction of sp³-hybridized carbons (Fsp3) is 0.360. The molecule has 1 aliphatic rings. The molecule has 0 amide bonds. The average molecular weight is 407 g/mol. The van der Waals surface area contributed by atoms with Crippen molar-refractivity contribution >= 4 is 11.8 Å². The molecule has 0 spiro atoms. The van der Waals surface area contributed by atoms with Gasteiger partial charge in [0.25, 0.3) is 0 Å². The van der Waals surface area contributed by atoms with E-state index in [1.165, 1.54) is 12.7 Å². The molecule has 5 nitrogen and oxygen atoms in total. The minimum Gasteiger partial charge on any atom is -0.492 e. The SMILES string of the molecule is COC(=O)CCCc1ccc(OCCN(c2ccccn2)C2C=CC=CC2C)cc1. The third kappa shape index (κ3) is 6.21. The van der Waals surface area contributed by atoms with E-state index in [2.05, 4.69) is 58.0 Å². The Morgan fingerprint density at radius 2 is 1.90 bits per heavy atom. The summed E-state index contributed by atoms with van der Waals surface area (Å²) in [5.41, 5.74) is 1.19. The molecule has 2 atom stereocenters. The number of allylic oxidation sites excluding steroid dienone is 2. The Labute approximate surface area is 179 Å². The van der Waals surface area contributed by atoms with Crippen LogP contribution >= 0.6 is 0 Å². The summed E-state index contributed by atoms with van der Waals surface area (Å²) < 4.78 is 10.7. The number of ether oxygens (including phenoxy) is 2. The number of carbonyl (C=O) groups is 1. The van der Waals surface area contributed by atoms with Crippen molar-refractivity contribution in [2.45, 2.75) is 32.2 Å². The lowest BCUT2D eigenvalue weighted by molar-refractivity contribution is -0.140. The van der Waals surface area contributed by atoms with Crippen LogP contribution in [0.4, 0.5) is 5.82 Å². The minimum atomic E-state index is -0.162. The van der Waals surface area contributed by atoms with Crippen LogP contribution in [0.5, 0.6) is 5.75 Å². The topological polar surface area (TPSA) is 51.7 Å². The largest absolute Gasteiger partial charge is 0.492 e. The van der Waals surface area contributed by atoms with Crippen molar-refractivity contribution in [3.63, 3.8) is 0 Å². The molecular weight excluding hydrogens is 376 g/mol. The maximum Gasteiger partial charge on any atom is 0.305 e. The standard InChI is InChI=1S/C25H30N2O3/c1-20-8-3-4-10-23(20)27(24-11-5-6-17-26-24)18-19-30-22-15-13-21(14-16-22)9-7-12-25(28)29-2/h3-6,8,10-11,13-17,20,23H,7,9,12,18-19H2,1-2H3. The number of methoxy groups -OCH3 is 1. The first-order valence-electron chi connectivity index (χ1n) is 10.5. The van der Waals surface area contributed by atoms with Gasteiger partial charge in [-0.2, -0.15) is 0 Å². The van der Waals surface area contributed by atoms with E-state index in [0.717, 1.165) is 31.0 Å². The molecule has 3 rings (SSSR count). The van der Waals surface area contributed by atoms with Crippen LogP contribution in [-0.4, -0.2) is 37.3 Å².